The van der Waals surface area contributed by atoms with Crippen molar-refractivity contribution in [2.24, 2.45) is 0 Å². The van der Waals surface area contributed by atoms with Crippen LogP contribution in [0.3, 0.4) is 0 Å². The Morgan fingerprint density at radius 3 is 2.79 bits per heavy atom. The number of aryl methyl sites for hydroxylation is 1. The topological polar surface area (TPSA) is 30.0 Å². The van der Waals surface area contributed by atoms with Crippen LogP contribution >= 0.6 is 11.6 Å². The molecular formula is C15H13ClFNO. The summed E-state index contributed by atoms with van der Waals surface area (Å²) in [4.78, 5) is 16.3. The molecule has 2 rings (SSSR count). The summed E-state index contributed by atoms with van der Waals surface area (Å²) >= 11 is 5.92. The van der Waals surface area contributed by atoms with E-state index in [0.29, 0.717) is 12.1 Å². The average molecular weight is 278 g/mol. The third-order valence-corrected chi connectivity index (χ3v) is 3.29. The summed E-state index contributed by atoms with van der Waals surface area (Å²) in [5.74, 6) is -0.681. The lowest BCUT2D eigenvalue weighted by Gasteiger charge is -2.07. The number of hydrogen-bond donors (Lipinski definition) is 0. The predicted octanol–water partition coefficient (Wildman–Crippen LogP) is 3.86. The Hall–Kier alpha value is -1.74. The van der Waals surface area contributed by atoms with Crippen molar-refractivity contribution < 1.29 is 9.18 Å². The third-order valence-electron chi connectivity index (χ3n) is 2.94. The van der Waals surface area contributed by atoms with E-state index in [1.807, 2.05) is 13.0 Å². The van der Waals surface area contributed by atoms with E-state index in [1.165, 1.54) is 12.1 Å². The van der Waals surface area contributed by atoms with Gasteiger partial charge in [-0.2, -0.15) is 0 Å². The van der Waals surface area contributed by atoms with Gasteiger partial charge >= 0.3 is 0 Å². The van der Waals surface area contributed by atoms with Crippen LogP contribution in [0, 0.1) is 5.82 Å². The molecule has 0 bridgehead atoms. The molecule has 0 radical (unpaired) electrons. The lowest BCUT2D eigenvalue weighted by atomic mass is 10.0. The van der Waals surface area contributed by atoms with Gasteiger partial charge in [-0.15, -0.1) is 0 Å². The Morgan fingerprint density at radius 2 is 2.11 bits per heavy atom. The molecule has 4 heteroatoms. The lowest BCUT2D eigenvalue weighted by molar-refractivity contribution is 0.0986. The summed E-state index contributed by atoms with van der Waals surface area (Å²) in [6.45, 7) is 1.95. The van der Waals surface area contributed by atoms with E-state index < -0.39 is 5.82 Å². The number of carbonyl (C=O) groups excluding carboxylic acids is 1. The molecule has 2 aromatic rings. The molecule has 0 fully saturated rings. The first kappa shape index (κ1) is 13.7. The molecule has 1 aromatic carbocycles. The van der Waals surface area contributed by atoms with Gasteiger partial charge in [0, 0.05) is 23.2 Å². The zero-order chi connectivity index (χ0) is 13.8. The Labute approximate surface area is 116 Å². The molecule has 0 amide bonds. The van der Waals surface area contributed by atoms with E-state index >= 15 is 0 Å². The maximum atomic E-state index is 13.7. The molecule has 0 N–H and O–H groups in total. The van der Waals surface area contributed by atoms with Crippen LogP contribution in [0.2, 0.25) is 5.02 Å². The molecule has 98 valence electrons. The second-order valence-electron chi connectivity index (χ2n) is 4.16. The van der Waals surface area contributed by atoms with Crippen LogP contribution in [0.5, 0.6) is 0 Å². The highest BCUT2D eigenvalue weighted by Crippen LogP contribution is 2.21. The number of ketones is 1. The molecule has 1 aromatic heterocycles. The summed E-state index contributed by atoms with van der Waals surface area (Å²) < 4.78 is 13.7. The standard InChI is InChI=1S/C15H13ClFNO/c1-2-10-5-4-8-18-15(10)14(19)9-11-12(16)6-3-7-13(11)17/h3-8H,2,9H2,1H3. The zero-order valence-electron chi connectivity index (χ0n) is 10.5. The van der Waals surface area contributed by atoms with Crippen molar-refractivity contribution in [3.8, 4) is 0 Å². The fourth-order valence-electron chi connectivity index (χ4n) is 1.92. The monoisotopic (exact) mass is 277 g/mol. The minimum absolute atomic E-state index is 0.0739. The molecular weight excluding hydrogens is 265 g/mol. The number of pyridine rings is 1. The van der Waals surface area contributed by atoms with Gasteiger partial charge in [0.25, 0.3) is 0 Å². The van der Waals surface area contributed by atoms with Gasteiger partial charge in [0.1, 0.15) is 11.5 Å². The molecule has 1 heterocycles. The SMILES string of the molecule is CCc1cccnc1C(=O)Cc1c(F)cccc1Cl. The van der Waals surface area contributed by atoms with E-state index in [4.69, 9.17) is 11.6 Å². The Balaban J connectivity index is 2.31. The van der Waals surface area contributed by atoms with Crippen molar-refractivity contribution >= 4 is 17.4 Å². The first-order chi connectivity index (χ1) is 9.13. The number of halogens is 2. The van der Waals surface area contributed by atoms with Crippen molar-refractivity contribution in [1.82, 2.24) is 4.98 Å². The van der Waals surface area contributed by atoms with Crippen LogP contribution in [0.4, 0.5) is 4.39 Å². The van der Waals surface area contributed by atoms with Crippen molar-refractivity contribution in [2.75, 3.05) is 0 Å². The number of nitrogens with zero attached hydrogens (tertiary/aromatic N) is 1. The number of Topliss-reactive ketones (excluding diaryl/α,β-unsaturated/α-hetero) is 1. The van der Waals surface area contributed by atoms with Gasteiger partial charge in [0.05, 0.1) is 0 Å². The molecule has 2 nitrogen and oxygen atoms in total. The maximum absolute atomic E-state index is 13.7. The number of aromatic nitrogens is 1. The van der Waals surface area contributed by atoms with Gasteiger partial charge < -0.3 is 0 Å². The van der Waals surface area contributed by atoms with Crippen LogP contribution in [-0.2, 0) is 12.8 Å². The van der Waals surface area contributed by atoms with E-state index in [0.717, 1.165) is 5.56 Å². The van der Waals surface area contributed by atoms with Gasteiger partial charge in [-0.05, 0) is 30.2 Å². The number of hydrogen-bond acceptors (Lipinski definition) is 2. The van der Waals surface area contributed by atoms with Crippen LogP contribution in [0.25, 0.3) is 0 Å². The van der Waals surface area contributed by atoms with Crippen molar-refractivity contribution in [2.45, 2.75) is 19.8 Å². The number of benzene rings is 1. The number of rotatable bonds is 4. The van der Waals surface area contributed by atoms with Crippen molar-refractivity contribution in [1.29, 1.82) is 0 Å². The fraction of sp³-hybridized carbons (Fsp3) is 0.200. The highest BCUT2D eigenvalue weighted by atomic mass is 35.5. The van der Waals surface area contributed by atoms with Crippen LogP contribution in [0.15, 0.2) is 36.5 Å². The fourth-order valence-corrected chi connectivity index (χ4v) is 2.15. The van der Waals surface area contributed by atoms with Gasteiger partial charge in [-0.25, -0.2) is 4.39 Å². The predicted molar refractivity (Wildman–Crippen MR) is 73.1 cm³/mol. The van der Waals surface area contributed by atoms with E-state index in [2.05, 4.69) is 4.98 Å². The largest absolute Gasteiger partial charge is 0.292 e. The smallest absolute Gasteiger partial charge is 0.185 e. The first-order valence-corrected chi connectivity index (χ1v) is 6.41. The van der Waals surface area contributed by atoms with Gasteiger partial charge in [0.15, 0.2) is 5.78 Å². The summed E-state index contributed by atoms with van der Waals surface area (Å²) in [6.07, 6.45) is 2.20. The molecule has 0 unspecified atom stereocenters. The second kappa shape index (κ2) is 5.93. The Kier molecular flexibility index (Phi) is 4.27. The van der Waals surface area contributed by atoms with E-state index in [9.17, 15) is 9.18 Å². The minimum Gasteiger partial charge on any atom is -0.292 e. The zero-order valence-corrected chi connectivity index (χ0v) is 11.2. The van der Waals surface area contributed by atoms with E-state index in [-0.39, 0.29) is 22.8 Å². The summed E-state index contributed by atoms with van der Waals surface area (Å²) in [5.41, 5.74) is 1.48. The molecule has 0 saturated carbocycles. The highest BCUT2D eigenvalue weighted by Gasteiger charge is 2.16. The molecule has 0 atom stereocenters. The molecule has 0 aliphatic rings. The van der Waals surface area contributed by atoms with Crippen molar-refractivity contribution in [3.63, 3.8) is 0 Å². The van der Waals surface area contributed by atoms with Gasteiger partial charge in [0.2, 0.25) is 0 Å². The van der Waals surface area contributed by atoms with Crippen LogP contribution in [0.1, 0.15) is 28.5 Å². The van der Waals surface area contributed by atoms with E-state index in [1.54, 1.807) is 18.3 Å². The normalized spacial score (nSPS) is 10.5. The minimum atomic E-state index is -0.463. The molecule has 19 heavy (non-hydrogen) atoms. The van der Waals surface area contributed by atoms with Gasteiger partial charge in [-0.3, -0.25) is 9.78 Å². The summed E-state index contributed by atoms with van der Waals surface area (Å²) in [5, 5.41) is 0.266. The first-order valence-electron chi connectivity index (χ1n) is 6.03. The summed E-state index contributed by atoms with van der Waals surface area (Å²) in [6, 6.07) is 8.03. The average Bonchev–Trinajstić information content (AvgIpc) is 2.42. The molecule has 0 saturated heterocycles. The summed E-state index contributed by atoms with van der Waals surface area (Å²) in [7, 11) is 0. The van der Waals surface area contributed by atoms with Gasteiger partial charge in [-0.1, -0.05) is 30.7 Å². The molecule has 0 spiro atoms. The quantitative estimate of drug-likeness (QED) is 0.794. The second-order valence-corrected chi connectivity index (χ2v) is 4.57. The third kappa shape index (κ3) is 2.99. The Morgan fingerprint density at radius 1 is 1.32 bits per heavy atom. The van der Waals surface area contributed by atoms with Crippen molar-refractivity contribution in [3.05, 3.63) is 64.2 Å². The Bertz CT molecular complexity index is 593. The van der Waals surface area contributed by atoms with Crippen LogP contribution < -0.4 is 0 Å². The maximum Gasteiger partial charge on any atom is 0.185 e. The lowest BCUT2D eigenvalue weighted by Crippen LogP contribution is -2.10. The molecule has 0 aliphatic carbocycles. The number of carbonyl (C=O) groups is 1. The van der Waals surface area contributed by atoms with Crippen LogP contribution in [-0.4, -0.2) is 10.8 Å². The molecule has 0 aliphatic heterocycles. The highest BCUT2D eigenvalue weighted by molar-refractivity contribution is 6.31.